The van der Waals surface area contributed by atoms with Gasteiger partial charge in [0.15, 0.2) is 18.0 Å². The van der Waals surface area contributed by atoms with Crippen molar-refractivity contribution in [2.24, 2.45) is 34.5 Å². The van der Waals surface area contributed by atoms with Gasteiger partial charge in [0.2, 0.25) is 5.78 Å². The second kappa shape index (κ2) is 8.99. The summed E-state index contributed by atoms with van der Waals surface area (Å²) in [6.07, 6.45) is 6.94. The summed E-state index contributed by atoms with van der Waals surface area (Å²) in [5, 5.41) is 11.7. The van der Waals surface area contributed by atoms with Gasteiger partial charge in [-0.3, -0.25) is 19.2 Å². The second-order valence-electron chi connectivity index (χ2n) is 11.4. The quantitative estimate of drug-likeness (QED) is 0.570. The minimum atomic E-state index is -1.44. The largest absolute Gasteiger partial charge is 0.457 e. The summed E-state index contributed by atoms with van der Waals surface area (Å²) in [4.78, 5) is 50.2. The SMILES string of the molecule is CCC(=O)OCC(=O)[C@@]1(OC(=O)CC)CC[C@H]2[C@@H]3CC(C)C4=CC(=O)C=C[C@]4(C)[C@H]3C(O)C[C@@]21C. The first kappa shape index (κ1) is 25.8. The van der Waals surface area contributed by atoms with Crippen molar-refractivity contribution in [2.75, 3.05) is 6.61 Å². The number of carbonyl (C=O) groups excluding carboxylic acids is 4. The zero-order valence-corrected chi connectivity index (χ0v) is 21.5. The summed E-state index contributed by atoms with van der Waals surface area (Å²) < 4.78 is 11.2. The topological polar surface area (TPSA) is 107 Å². The Kier molecular flexibility index (Phi) is 6.62. The molecule has 0 spiro atoms. The third-order valence-electron chi connectivity index (χ3n) is 9.62. The number of rotatable bonds is 6. The van der Waals surface area contributed by atoms with Crippen LogP contribution < -0.4 is 0 Å². The summed E-state index contributed by atoms with van der Waals surface area (Å²) in [6.45, 7) is 9.10. The first-order chi connectivity index (χ1) is 16.4. The zero-order valence-electron chi connectivity index (χ0n) is 21.5. The molecule has 8 atom stereocenters. The van der Waals surface area contributed by atoms with E-state index in [-0.39, 0.29) is 42.3 Å². The maximum atomic E-state index is 13.7. The summed E-state index contributed by atoms with van der Waals surface area (Å²) in [5.41, 5.74) is -1.61. The van der Waals surface area contributed by atoms with E-state index >= 15 is 0 Å². The lowest BCUT2D eigenvalue weighted by atomic mass is 9.44. The van der Waals surface area contributed by atoms with Crippen LogP contribution in [0, 0.1) is 34.5 Å². The molecule has 2 unspecified atom stereocenters. The standard InChI is InChI=1S/C28H38O7/c1-6-23(32)34-15-22(31)28(35-24(33)7-2)11-9-19-18-12-16(3)20-13-17(29)8-10-26(20,4)25(18)21(30)14-27(19,28)5/h8,10,13,16,18-19,21,25,30H,6-7,9,11-12,14-15H2,1-5H3/t16?,18-,19-,21?,25+,26-,27-,28-/m0/s1. The van der Waals surface area contributed by atoms with E-state index in [1.54, 1.807) is 26.0 Å². The Hall–Kier alpha value is -2.28. The van der Waals surface area contributed by atoms with Crippen LogP contribution in [0.2, 0.25) is 0 Å². The fourth-order valence-electron chi connectivity index (χ4n) is 8.05. The van der Waals surface area contributed by atoms with E-state index in [0.717, 1.165) is 12.0 Å². The van der Waals surface area contributed by atoms with Crippen molar-refractivity contribution >= 4 is 23.5 Å². The maximum Gasteiger partial charge on any atom is 0.306 e. The Morgan fingerprint density at radius 1 is 1.14 bits per heavy atom. The van der Waals surface area contributed by atoms with Crippen molar-refractivity contribution in [3.05, 3.63) is 23.8 Å². The lowest BCUT2D eigenvalue weighted by molar-refractivity contribution is -0.201. The van der Waals surface area contributed by atoms with Gasteiger partial charge in [-0.05, 0) is 55.6 Å². The lowest BCUT2D eigenvalue weighted by Gasteiger charge is -2.61. The number of esters is 2. The molecular weight excluding hydrogens is 448 g/mol. The molecule has 192 valence electrons. The van der Waals surface area contributed by atoms with Crippen molar-refractivity contribution < 1.29 is 33.8 Å². The minimum Gasteiger partial charge on any atom is -0.457 e. The Bertz CT molecular complexity index is 995. The summed E-state index contributed by atoms with van der Waals surface area (Å²) in [5.74, 6) is -1.19. The van der Waals surface area contributed by atoms with E-state index in [1.807, 2.05) is 13.0 Å². The predicted octanol–water partition coefficient (Wildman–Crippen LogP) is 3.73. The van der Waals surface area contributed by atoms with E-state index < -0.39 is 46.9 Å². The molecule has 0 aliphatic heterocycles. The molecule has 3 fully saturated rings. The monoisotopic (exact) mass is 486 g/mol. The average molecular weight is 487 g/mol. The van der Waals surface area contributed by atoms with Gasteiger partial charge in [0.1, 0.15) is 0 Å². The number of Topliss-reactive ketones (excluding diaryl/α,β-unsaturated/α-hetero) is 1. The van der Waals surface area contributed by atoms with E-state index in [2.05, 4.69) is 13.8 Å². The molecule has 0 radical (unpaired) electrons. The Balaban J connectivity index is 1.74. The van der Waals surface area contributed by atoms with Crippen LogP contribution in [0.3, 0.4) is 0 Å². The van der Waals surface area contributed by atoms with Gasteiger partial charge in [-0.2, -0.15) is 0 Å². The first-order valence-corrected chi connectivity index (χ1v) is 13.0. The van der Waals surface area contributed by atoms with Crippen molar-refractivity contribution in [1.82, 2.24) is 0 Å². The maximum absolute atomic E-state index is 13.7. The molecule has 0 aromatic rings. The third kappa shape index (κ3) is 3.81. The number of ether oxygens (including phenoxy) is 2. The molecule has 35 heavy (non-hydrogen) atoms. The second-order valence-corrected chi connectivity index (χ2v) is 11.4. The predicted molar refractivity (Wildman–Crippen MR) is 128 cm³/mol. The van der Waals surface area contributed by atoms with Crippen LogP contribution in [0.4, 0.5) is 0 Å². The molecule has 0 aromatic heterocycles. The van der Waals surface area contributed by atoms with Crippen LogP contribution in [0.25, 0.3) is 0 Å². The summed E-state index contributed by atoms with van der Waals surface area (Å²) >= 11 is 0. The number of aliphatic hydroxyl groups excluding tert-OH is 1. The molecule has 1 N–H and O–H groups in total. The van der Waals surface area contributed by atoms with Gasteiger partial charge in [-0.15, -0.1) is 0 Å². The lowest BCUT2D eigenvalue weighted by Crippen LogP contribution is -2.63. The highest BCUT2D eigenvalue weighted by Crippen LogP contribution is 2.68. The van der Waals surface area contributed by atoms with Crippen LogP contribution in [0.1, 0.15) is 73.1 Å². The number of aliphatic hydroxyl groups is 1. The number of fused-ring (bicyclic) bond motifs is 5. The highest BCUT2D eigenvalue weighted by Gasteiger charge is 2.70. The first-order valence-electron chi connectivity index (χ1n) is 13.0. The van der Waals surface area contributed by atoms with E-state index in [9.17, 15) is 24.3 Å². The van der Waals surface area contributed by atoms with Crippen LogP contribution in [-0.2, 0) is 28.7 Å². The third-order valence-corrected chi connectivity index (χ3v) is 9.62. The number of allylic oxidation sites excluding steroid dienone is 4. The van der Waals surface area contributed by atoms with Gasteiger partial charge in [0.05, 0.1) is 6.10 Å². The molecule has 0 bridgehead atoms. The highest BCUT2D eigenvalue weighted by atomic mass is 16.6. The molecule has 0 aromatic carbocycles. The van der Waals surface area contributed by atoms with Crippen LogP contribution in [0.15, 0.2) is 23.8 Å². The molecule has 3 saturated carbocycles. The van der Waals surface area contributed by atoms with E-state index in [4.69, 9.17) is 9.47 Å². The van der Waals surface area contributed by atoms with Crippen molar-refractivity contribution in [3.63, 3.8) is 0 Å². The fourth-order valence-corrected chi connectivity index (χ4v) is 8.05. The minimum absolute atomic E-state index is 0.0171. The van der Waals surface area contributed by atoms with Gasteiger partial charge in [-0.1, -0.05) is 46.3 Å². The zero-order chi connectivity index (χ0) is 25.8. The Labute approximate surface area is 207 Å². The fraction of sp³-hybridized carbons (Fsp3) is 0.714. The number of carbonyl (C=O) groups is 4. The average Bonchev–Trinajstić information content (AvgIpc) is 3.10. The van der Waals surface area contributed by atoms with Crippen LogP contribution >= 0.6 is 0 Å². The molecular formula is C28H38O7. The molecule has 7 nitrogen and oxygen atoms in total. The molecule has 0 saturated heterocycles. The number of hydrogen-bond donors (Lipinski definition) is 1. The van der Waals surface area contributed by atoms with Gasteiger partial charge in [-0.25, -0.2) is 0 Å². The van der Waals surface area contributed by atoms with E-state index in [1.165, 1.54) is 0 Å². The molecule has 4 rings (SSSR count). The van der Waals surface area contributed by atoms with Gasteiger partial charge >= 0.3 is 11.9 Å². The van der Waals surface area contributed by atoms with Gasteiger partial charge in [0.25, 0.3) is 0 Å². The Morgan fingerprint density at radius 2 is 1.83 bits per heavy atom. The van der Waals surface area contributed by atoms with Gasteiger partial charge < -0.3 is 14.6 Å². The molecule has 0 heterocycles. The van der Waals surface area contributed by atoms with Crippen LogP contribution in [0.5, 0.6) is 0 Å². The van der Waals surface area contributed by atoms with Gasteiger partial charge in [0, 0.05) is 29.6 Å². The van der Waals surface area contributed by atoms with E-state index in [0.29, 0.717) is 19.3 Å². The van der Waals surface area contributed by atoms with Crippen LogP contribution in [-0.4, -0.2) is 46.9 Å². The van der Waals surface area contributed by atoms with Crippen molar-refractivity contribution in [1.29, 1.82) is 0 Å². The highest BCUT2D eigenvalue weighted by molar-refractivity contribution is 6.01. The molecule has 4 aliphatic rings. The smallest absolute Gasteiger partial charge is 0.306 e. The Morgan fingerprint density at radius 3 is 2.49 bits per heavy atom. The van der Waals surface area contributed by atoms with Crippen molar-refractivity contribution in [2.45, 2.75) is 84.8 Å². The van der Waals surface area contributed by atoms with Crippen molar-refractivity contribution in [3.8, 4) is 0 Å². The molecule has 0 amide bonds. The normalized spacial score (nSPS) is 41.8. The number of hydrogen-bond acceptors (Lipinski definition) is 7. The summed E-state index contributed by atoms with van der Waals surface area (Å²) in [6, 6.07) is 0. The molecule has 4 aliphatic carbocycles. The molecule has 7 heteroatoms. The summed E-state index contributed by atoms with van der Waals surface area (Å²) in [7, 11) is 0. The number of ketones is 2.